The Morgan fingerprint density at radius 1 is 1.15 bits per heavy atom. The fraction of sp³-hybridized carbons (Fsp3) is 0.273. The van der Waals surface area contributed by atoms with Crippen molar-refractivity contribution in [1.82, 2.24) is 15.1 Å². The second-order valence-corrected chi connectivity index (χ2v) is 10.3. The molecule has 1 spiro atoms. The van der Waals surface area contributed by atoms with Crippen LogP contribution in [0.15, 0.2) is 47.4 Å². The average molecular weight is 488 g/mol. The first kappa shape index (κ1) is 23.4. The van der Waals surface area contributed by atoms with E-state index in [1.165, 1.54) is 29.2 Å². The minimum Gasteiger partial charge on any atom is -0.345 e. The third-order valence-corrected chi connectivity index (χ3v) is 7.55. The molecule has 2 aliphatic rings. The molecule has 12 heteroatoms. The molecule has 4 rings (SSSR count). The molecular weight excluding hydrogens is 467 g/mol. The van der Waals surface area contributed by atoms with E-state index >= 15 is 0 Å². The Morgan fingerprint density at radius 2 is 1.82 bits per heavy atom. The summed E-state index contributed by atoms with van der Waals surface area (Å²) in [4.78, 5) is 52.2. The van der Waals surface area contributed by atoms with Crippen LogP contribution in [-0.2, 0) is 25.0 Å². The first-order chi connectivity index (χ1) is 15.9. The first-order valence-electron chi connectivity index (χ1n) is 10.2. The Labute approximate surface area is 194 Å². The van der Waals surface area contributed by atoms with E-state index in [-0.39, 0.29) is 22.8 Å². The highest BCUT2D eigenvalue weighted by Gasteiger charge is 2.56. The van der Waals surface area contributed by atoms with Crippen LogP contribution in [0.2, 0.25) is 0 Å². The monoisotopic (exact) mass is 488 g/mol. The number of fused-ring (bicyclic) bond motifs is 2. The topological polar surface area (TPSA) is 133 Å². The van der Waals surface area contributed by atoms with Gasteiger partial charge < -0.3 is 15.5 Å². The molecule has 5 amide bonds. The highest BCUT2D eigenvalue weighted by Crippen LogP contribution is 2.41. The van der Waals surface area contributed by atoms with Crippen LogP contribution in [0.4, 0.5) is 14.9 Å². The van der Waals surface area contributed by atoms with Crippen molar-refractivity contribution in [1.29, 1.82) is 0 Å². The number of carbonyl (C=O) groups is 4. The number of urea groups is 1. The number of nitrogens with one attached hydrogen (secondary N) is 2. The van der Waals surface area contributed by atoms with Crippen molar-refractivity contribution in [2.75, 3.05) is 31.7 Å². The van der Waals surface area contributed by atoms with Gasteiger partial charge >= 0.3 is 6.03 Å². The van der Waals surface area contributed by atoms with Crippen molar-refractivity contribution in [3.05, 3.63) is 59.4 Å². The van der Waals surface area contributed by atoms with Crippen molar-refractivity contribution in [3.8, 4) is 0 Å². The molecule has 2 N–H and O–H groups in total. The number of imide groups is 1. The molecule has 2 aromatic rings. The molecule has 2 aromatic carbocycles. The molecule has 1 atom stereocenters. The summed E-state index contributed by atoms with van der Waals surface area (Å²) in [6, 6.07) is 8.13. The van der Waals surface area contributed by atoms with Gasteiger partial charge in [0, 0.05) is 30.9 Å². The van der Waals surface area contributed by atoms with Crippen molar-refractivity contribution < 1.29 is 32.0 Å². The van der Waals surface area contributed by atoms with Gasteiger partial charge in [0.25, 0.3) is 11.8 Å². The Bertz CT molecular complexity index is 1330. The minimum atomic E-state index is -3.75. The zero-order valence-electron chi connectivity index (χ0n) is 18.3. The van der Waals surface area contributed by atoms with Gasteiger partial charge in [-0.05, 0) is 48.9 Å². The summed E-state index contributed by atoms with van der Waals surface area (Å²) in [5.41, 5.74) is -1.16. The number of rotatable bonds is 4. The molecule has 0 saturated carbocycles. The Balaban J connectivity index is 1.54. The Morgan fingerprint density at radius 3 is 2.47 bits per heavy atom. The zero-order valence-corrected chi connectivity index (χ0v) is 19.1. The highest BCUT2D eigenvalue weighted by molar-refractivity contribution is 7.91. The number of halogens is 1. The number of anilines is 1. The molecule has 178 valence electrons. The normalized spacial score (nSPS) is 20.6. The Kier molecular flexibility index (Phi) is 5.64. The van der Waals surface area contributed by atoms with Gasteiger partial charge in [-0.2, -0.15) is 0 Å². The van der Waals surface area contributed by atoms with Gasteiger partial charge in [0.05, 0.1) is 10.6 Å². The minimum absolute atomic E-state index is 0.152. The highest BCUT2D eigenvalue weighted by atomic mass is 32.2. The molecule has 1 fully saturated rings. The molecular formula is C22H21FN4O6S. The summed E-state index contributed by atoms with van der Waals surface area (Å²) in [7, 11) is -0.537. The molecule has 0 aliphatic carbocycles. The molecule has 0 radical (unpaired) electrons. The van der Waals surface area contributed by atoms with Gasteiger partial charge in [0.1, 0.15) is 17.9 Å². The lowest BCUT2D eigenvalue weighted by molar-refractivity contribution is -0.134. The lowest BCUT2D eigenvalue weighted by Crippen LogP contribution is -2.49. The number of sulfone groups is 1. The molecule has 1 saturated heterocycles. The van der Waals surface area contributed by atoms with Crippen LogP contribution >= 0.6 is 0 Å². The van der Waals surface area contributed by atoms with Crippen LogP contribution in [0.5, 0.6) is 0 Å². The largest absolute Gasteiger partial charge is 0.345 e. The van der Waals surface area contributed by atoms with Crippen LogP contribution in [0, 0.1) is 5.82 Å². The molecule has 0 unspecified atom stereocenters. The van der Waals surface area contributed by atoms with Crippen molar-refractivity contribution in [2.45, 2.75) is 16.9 Å². The van der Waals surface area contributed by atoms with E-state index < -0.39 is 51.3 Å². The maximum Gasteiger partial charge on any atom is 0.325 e. The summed E-state index contributed by atoms with van der Waals surface area (Å²) in [5, 5.41) is 5.02. The fourth-order valence-electron chi connectivity index (χ4n) is 4.06. The number of benzene rings is 2. The lowest BCUT2D eigenvalue weighted by atomic mass is 9.86. The third-order valence-electron chi connectivity index (χ3n) is 5.78. The van der Waals surface area contributed by atoms with Crippen LogP contribution < -0.4 is 10.6 Å². The van der Waals surface area contributed by atoms with E-state index in [2.05, 4.69) is 10.6 Å². The predicted molar refractivity (Wildman–Crippen MR) is 118 cm³/mol. The quantitative estimate of drug-likeness (QED) is 0.489. The van der Waals surface area contributed by atoms with E-state index in [0.29, 0.717) is 16.2 Å². The van der Waals surface area contributed by atoms with Gasteiger partial charge in [-0.3, -0.25) is 19.3 Å². The van der Waals surface area contributed by atoms with Crippen LogP contribution in [0.25, 0.3) is 0 Å². The van der Waals surface area contributed by atoms with Crippen molar-refractivity contribution in [2.24, 2.45) is 0 Å². The van der Waals surface area contributed by atoms with Gasteiger partial charge in [-0.25, -0.2) is 17.6 Å². The van der Waals surface area contributed by atoms with Gasteiger partial charge in [0.15, 0.2) is 9.84 Å². The van der Waals surface area contributed by atoms with Crippen LogP contribution in [0.3, 0.4) is 0 Å². The van der Waals surface area contributed by atoms with Crippen molar-refractivity contribution in [3.63, 3.8) is 0 Å². The summed E-state index contributed by atoms with van der Waals surface area (Å²) in [6.07, 6.45) is -0.282. The Hall–Kier alpha value is -3.80. The summed E-state index contributed by atoms with van der Waals surface area (Å²) < 4.78 is 38.8. The van der Waals surface area contributed by atoms with Gasteiger partial charge in [0.2, 0.25) is 5.91 Å². The molecule has 34 heavy (non-hydrogen) atoms. The van der Waals surface area contributed by atoms with Gasteiger partial charge in [-0.15, -0.1) is 0 Å². The lowest BCUT2D eigenvalue weighted by Gasteiger charge is -2.32. The molecule has 0 bridgehead atoms. The molecule has 2 aliphatic heterocycles. The van der Waals surface area contributed by atoms with Crippen LogP contribution in [0.1, 0.15) is 22.3 Å². The van der Waals surface area contributed by atoms with Crippen LogP contribution in [-0.4, -0.2) is 68.4 Å². The van der Waals surface area contributed by atoms with E-state index in [1.54, 1.807) is 14.1 Å². The first-order valence-corrected chi connectivity index (χ1v) is 11.9. The van der Waals surface area contributed by atoms with Crippen molar-refractivity contribution >= 4 is 39.3 Å². The molecule has 0 aromatic heterocycles. The van der Waals surface area contributed by atoms with E-state index in [9.17, 15) is 32.0 Å². The number of amides is 5. The number of nitrogens with zero attached hydrogens (tertiary/aromatic N) is 2. The maximum atomic E-state index is 14.0. The summed E-state index contributed by atoms with van der Waals surface area (Å²) in [6.45, 7) is -0.637. The van der Waals surface area contributed by atoms with Gasteiger partial charge in [-0.1, -0.05) is 0 Å². The second kappa shape index (κ2) is 8.20. The fourth-order valence-corrected chi connectivity index (χ4v) is 5.70. The smallest absolute Gasteiger partial charge is 0.325 e. The maximum absolute atomic E-state index is 14.0. The third kappa shape index (κ3) is 3.89. The molecule has 10 nitrogen and oxygen atoms in total. The second-order valence-electron chi connectivity index (χ2n) is 8.26. The number of hydrogen-bond acceptors (Lipinski definition) is 6. The zero-order chi connectivity index (χ0) is 24.8. The SMILES string of the molecule is CN(C)C(=O)c1ccc(NC(=O)CN2C(=O)N[C@]3(CCS(=O)(=O)c4ccc(F)cc43)C2=O)cc1. The van der Waals surface area contributed by atoms with E-state index in [4.69, 9.17) is 0 Å². The number of hydrogen-bond donors (Lipinski definition) is 2. The molecule has 2 heterocycles. The summed E-state index contributed by atoms with van der Waals surface area (Å²) >= 11 is 0. The average Bonchev–Trinajstić information content (AvgIpc) is 3.01. The number of carbonyl (C=O) groups excluding carboxylic acids is 4. The van der Waals surface area contributed by atoms with E-state index in [0.717, 1.165) is 18.2 Å². The summed E-state index contributed by atoms with van der Waals surface area (Å²) in [5.74, 6) is -2.91. The van der Waals surface area contributed by atoms with E-state index in [1.807, 2.05) is 0 Å². The predicted octanol–water partition coefficient (Wildman–Crippen LogP) is 1.09. The standard InChI is InChI=1S/C22H21FN4O6S/c1-26(2)19(29)13-3-6-15(7-4-13)24-18(28)12-27-20(30)22(25-21(27)31)9-10-34(32,33)17-8-5-14(23)11-16(17)22/h3-8,11H,9-10,12H2,1-2H3,(H,24,28)(H,25,31)/t22-/m0/s1.